The fraction of sp³-hybridized carbons (Fsp3) is 0.235. The van der Waals surface area contributed by atoms with E-state index in [1.165, 1.54) is 44.6 Å². The van der Waals surface area contributed by atoms with Gasteiger partial charge in [0.05, 0.1) is 23.5 Å². The number of nitro benzene ring substituents is 1. The summed E-state index contributed by atoms with van der Waals surface area (Å²) >= 11 is 0. The summed E-state index contributed by atoms with van der Waals surface area (Å²) in [6, 6.07) is 8.70. The van der Waals surface area contributed by atoms with Gasteiger partial charge in [0.15, 0.2) is 0 Å². The third-order valence-corrected chi connectivity index (χ3v) is 5.49. The summed E-state index contributed by atoms with van der Waals surface area (Å²) in [5.41, 5.74) is -0.698. The number of methoxy groups -OCH3 is 2. The van der Waals surface area contributed by atoms with Crippen LogP contribution in [0.25, 0.3) is 0 Å². The van der Waals surface area contributed by atoms with E-state index in [1.807, 2.05) is 0 Å². The van der Waals surface area contributed by atoms with Crippen molar-refractivity contribution >= 4 is 21.4 Å². The van der Waals surface area contributed by atoms with Gasteiger partial charge in [-0.05, 0) is 36.4 Å². The van der Waals surface area contributed by atoms with E-state index < -0.39 is 31.3 Å². The molecule has 0 aliphatic carbocycles. The SMILES string of the molecule is COCCNC(=O)c1ccc(S(=O)(=O)c2ccc(OC)cc2)c([N+](=O)[O-])c1. The van der Waals surface area contributed by atoms with Crippen LogP contribution in [0.3, 0.4) is 0 Å². The van der Waals surface area contributed by atoms with Crippen LogP contribution in [0.1, 0.15) is 10.4 Å². The zero-order valence-corrected chi connectivity index (χ0v) is 15.5. The number of nitrogens with zero attached hydrogens (tertiary/aromatic N) is 1. The van der Waals surface area contributed by atoms with E-state index >= 15 is 0 Å². The minimum absolute atomic E-state index is 0.0218. The standard InChI is InChI=1S/C17H18N2O7S/c1-25-10-9-18-17(20)12-3-8-16(15(11-12)19(21)22)27(23,24)14-6-4-13(26-2)5-7-14/h3-8,11H,9-10H2,1-2H3,(H,18,20). The number of benzene rings is 2. The second-order valence-electron chi connectivity index (χ2n) is 5.37. The van der Waals surface area contributed by atoms with Crippen molar-refractivity contribution < 1.29 is 27.6 Å². The molecule has 0 atom stereocenters. The molecule has 0 aliphatic heterocycles. The van der Waals surface area contributed by atoms with Crippen molar-refractivity contribution in [2.75, 3.05) is 27.4 Å². The highest BCUT2D eigenvalue weighted by molar-refractivity contribution is 7.91. The van der Waals surface area contributed by atoms with Crippen molar-refractivity contribution in [3.05, 3.63) is 58.1 Å². The van der Waals surface area contributed by atoms with Gasteiger partial charge in [-0.25, -0.2) is 8.42 Å². The number of amides is 1. The molecule has 27 heavy (non-hydrogen) atoms. The van der Waals surface area contributed by atoms with Crippen molar-refractivity contribution in [3.63, 3.8) is 0 Å². The summed E-state index contributed by atoms with van der Waals surface area (Å²) in [5, 5.41) is 13.9. The van der Waals surface area contributed by atoms with Gasteiger partial charge < -0.3 is 14.8 Å². The first-order valence-corrected chi connectivity index (χ1v) is 9.24. The number of hydrogen-bond acceptors (Lipinski definition) is 7. The Balaban J connectivity index is 2.43. The molecule has 0 radical (unpaired) electrons. The van der Waals surface area contributed by atoms with Crippen molar-refractivity contribution in [2.45, 2.75) is 9.79 Å². The summed E-state index contributed by atoms with van der Waals surface area (Å²) in [4.78, 5) is 22.0. The first-order valence-electron chi connectivity index (χ1n) is 7.76. The van der Waals surface area contributed by atoms with Crippen LogP contribution in [0.2, 0.25) is 0 Å². The van der Waals surface area contributed by atoms with E-state index in [4.69, 9.17) is 9.47 Å². The second-order valence-corrected chi connectivity index (χ2v) is 7.29. The minimum Gasteiger partial charge on any atom is -0.497 e. The number of sulfone groups is 1. The van der Waals surface area contributed by atoms with Crippen LogP contribution in [-0.4, -0.2) is 46.6 Å². The van der Waals surface area contributed by atoms with Gasteiger partial charge >= 0.3 is 0 Å². The van der Waals surface area contributed by atoms with Gasteiger partial charge in [0.1, 0.15) is 10.6 Å². The minimum atomic E-state index is -4.15. The molecule has 1 amide bonds. The van der Waals surface area contributed by atoms with E-state index in [9.17, 15) is 23.3 Å². The fourth-order valence-corrected chi connectivity index (χ4v) is 3.68. The molecule has 2 aromatic rings. The fourth-order valence-electron chi connectivity index (χ4n) is 2.28. The third kappa shape index (κ3) is 4.60. The first-order chi connectivity index (χ1) is 12.8. The molecule has 0 unspecified atom stereocenters. The van der Waals surface area contributed by atoms with Gasteiger partial charge in [-0.2, -0.15) is 0 Å². The molecule has 1 N–H and O–H groups in total. The monoisotopic (exact) mass is 394 g/mol. The van der Waals surface area contributed by atoms with Crippen LogP contribution in [0, 0.1) is 10.1 Å². The Kier molecular flexibility index (Phi) is 6.48. The Hall–Kier alpha value is -2.98. The molecule has 0 spiro atoms. The predicted octanol–water partition coefficient (Wildman–Crippen LogP) is 1.81. The van der Waals surface area contributed by atoms with Crippen LogP contribution in [0.4, 0.5) is 5.69 Å². The highest BCUT2D eigenvalue weighted by atomic mass is 32.2. The lowest BCUT2D eigenvalue weighted by Gasteiger charge is -2.09. The number of rotatable bonds is 8. The van der Waals surface area contributed by atoms with Crippen molar-refractivity contribution in [3.8, 4) is 5.75 Å². The Morgan fingerprint density at radius 2 is 1.81 bits per heavy atom. The van der Waals surface area contributed by atoms with E-state index in [1.54, 1.807) is 0 Å². The summed E-state index contributed by atoms with van der Waals surface area (Å²) in [6.45, 7) is 0.493. The molecule has 0 bridgehead atoms. The summed E-state index contributed by atoms with van der Waals surface area (Å²) in [7, 11) is -1.25. The van der Waals surface area contributed by atoms with Crippen molar-refractivity contribution in [1.29, 1.82) is 0 Å². The molecule has 2 aromatic carbocycles. The Labute approximate surface area is 156 Å². The number of carbonyl (C=O) groups is 1. The molecule has 144 valence electrons. The van der Waals surface area contributed by atoms with Crippen LogP contribution >= 0.6 is 0 Å². The molecule has 0 fully saturated rings. The molecular formula is C17H18N2O7S. The number of carbonyl (C=O) groups excluding carboxylic acids is 1. The normalized spacial score (nSPS) is 11.0. The van der Waals surface area contributed by atoms with Gasteiger partial charge in [0, 0.05) is 25.3 Å². The van der Waals surface area contributed by atoms with Crippen molar-refractivity contribution in [1.82, 2.24) is 5.32 Å². The lowest BCUT2D eigenvalue weighted by molar-refractivity contribution is -0.387. The topological polar surface area (TPSA) is 125 Å². The average molecular weight is 394 g/mol. The zero-order chi connectivity index (χ0) is 20.0. The molecular weight excluding hydrogens is 376 g/mol. The molecule has 0 saturated carbocycles. The number of nitrogens with one attached hydrogen (secondary N) is 1. The highest BCUT2D eigenvalue weighted by Gasteiger charge is 2.28. The third-order valence-electron chi connectivity index (χ3n) is 3.67. The lowest BCUT2D eigenvalue weighted by atomic mass is 10.2. The molecule has 0 saturated heterocycles. The molecule has 0 aliphatic rings. The Morgan fingerprint density at radius 1 is 1.15 bits per heavy atom. The molecule has 10 heteroatoms. The average Bonchev–Trinajstić information content (AvgIpc) is 2.67. The zero-order valence-electron chi connectivity index (χ0n) is 14.7. The predicted molar refractivity (Wildman–Crippen MR) is 95.8 cm³/mol. The molecule has 2 rings (SSSR count). The Morgan fingerprint density at radius 3 is 2.37 bits per heavy atom. The maximum absolute atomic E-state index is 12.8. The number of ether oxygens (including phenoxy) is 2. The summed E-state index contributed by atoms with van der Waals surface area (Å²) in [6.07, 6.45) is 0. The number of nitro groups is 1. The van der Waals surface area contributed by atoms with Crippen LogP contribution in [-0.2, 0) is 14.6 Å². The molecule has 9 nitrogen and oxygen atoms in total. The maximum atomic E-state index is 12.8. The highest BCUT2D eigenvalue weighted by Crippen LogP contribution is 2.31. The van der Waals surface area contributed by atoms with Crippen LogP contribution in [0.5, 0.6) is 5.75 Å². The molecule has 0 aromatic heterocycles. The van der Waals surface area contributed by atoms with Gasteiger partial charge in [-0.15, -0.1) is 0 Å². The van der Waals surface area contributed by atoms with Gasteiger partial charge in [0.25, 0.3) is 11.6 Å². The summed E-state index contributed by atoms with van der Waals surface area (Å²) < 4.78 is 35.4. The maximum Gasteiger partial charge on any atom is 0.289 e. The van der Waals surface area contributed by atoms with E-state index in [2.05, 4.69) is 5.32 Å². The largest absolute Gasteiger partial charge is 0.497 e. The van der Waals surface area contributed by atoms with Gasteiger partial charge in [-0.1, -0.05) is 0 Å². The quantitative estimate of drug-likeness (QED) is 0.411. The van der Waals surface area contributed by atoms with Gasteiger partial charge in [0.2, 0.25) is 9.84 Å². The second kappa shape index (κ2) is 8.60. The van der Waals surface area contributed by atoms with E-state index in [0.29, 0.717) is 5.75 Å². The summed E-state index contributed by atoms with van der Waals surface area (Å²) in [5.74, 6) is -0.116. The number of hydrogen-bond donors (Lipinski definition) is 1. The van der Waals surface area contributed by atoms with Crippen molar-refractivity contribution in [2.24, 2.45) is 0 Å². The first kappa shape index (κ1) is 20.3. The van der Waals surface area contributed by atoms with E-state index in [-0.39, 0.29) is 23.6 Å². The Bertz CT molecular complexity index is 940. The van der Waals surface area contributed by atoms with Crippen LogP contribution < -0.4 is 10.1 Å². The lowest BCUT2D eigenvalue weighted by Crippen LogP contribution is -2.27. The van der Waals surface area contributed by atoms with Gasteiger partial charge in [-0.3, -0.25) is 14.9 Å². The molecule has 0 heterocycles. The van der Waals surface area contributed by atoms with Crippen LogP contribution in [0.15, 0.2) is 52.3 Å². The smallest absolute Gasteiger partial charge is 0.289 e. The van der Waals surface area contributed by atoms with E-state index in [0.717, 1.165) is 12.1 Å².